The van der Waals surface area contributed by atoms with E-state index in [2.05, 4.69) is 0 Å². The monoisotopic (exact) mass is 244 g/mol. The Labute approximate surface area is 76.1 Å². The Morgan fingerprint density at radius 3 is 1.29 bits per heavy atom. The van der Waals surface area contributed by atoms with Crippen LogP contribution < -0.4 is 0 Å². The minimum Gasteiger partial charge on any atom is -0.188 e. The molecule has 0 aromatic carbocycles. The van der Waals surface area contributed by atoms with Gasteiger partial charge in [-0.2, -0.15) is 30.4 Å². The van der Waals surface area contributed by atoms with Crippen LogP contribution >= 0.6 is 0 Å². The van der Waals surface area contributed by atoms with Crippen LogP contribution in [0.2, 0.25) is 0 Å². The third-order valence-corrected chi connectivity index (χ3v) is 2.87. The molecule has 0 aromatic rings. The average molecular weight is 244 g/mol. The van der Waals surface area contributed by atoms with Gasteiger partial charge in [0.25, 0.3) is 0 Å². The van der Waals surface area contributed by atoms with Gasteiger partial charge in [-0.3, -0.25) is 0 Å². The molecular weight excluding hydrogens is 238 g/mol. The zero-order valence-electron chi connectivity index (χ0n) is 6.99. The second-order valence-electron chi connectivity index (χ2n) is 3.08. The topological polar surface area (TPSA) is 34.1 Å². The van der Waals surface area contributed by atoms with Crippen LogP contribution in [0.4, 0.5) is 25.8 Å². The van der Waals surface area contributed by atoms with Gasteiger partial charge in [-0.25, -0.2) is 0 Å². The highest BCUT2D eigenvalue weighted by molar-refractivity contribution is 7.87. The molecule has 0 saturated heterocycles. The van der Waals surface area contributed by atoms with Gasteiger partial charge in [0.2, 0.25) is 0 Å². The van der Waals surface area contributed by atoms with Crippen LogP contribution in [-0.4, -0.2) is 19.8 Å². The lowest BCUT2D eigenvalue weighted by Crippen LogP contribution is -2.51. The van der Waals surface area contributed by atoms with E-state index in [9.17, 15) is 34.3 Å². The number of halogens is 6. The fourth-order valence-electron chi connectivity index (χ4n) is 0.470. The number of hydrogen-bond donors (Lipinski definition) is 0. The summed E-state index contributed by atoms with van der Waals surface area (Å²) in [6, 6.07) is 0. The van der Waals surface area contributed by atoms with Crippen molar-refractivity contribution in [2.75, 3.05) is 0 Å². The Bertz CT molecular complexity index is 314. The predicted octanol–water partition coefficient (Wildman–Crippen LogP) is 2.47. The van der Waals surface area contributed by atoms with Crippen LogP contribution in [0.3, 0.4) is 0 Å². The first kappa shape index (κ1) is 13.5. The Kier molecular flexibility index (Phi) is 2.91. The van der Waals surface area contributed by atoms with Crippen molar-refractivity contribution in [2.45, 2.75) is 25.3 Å². The minimum absolute atomic E-state index is 0.0931. The summed E-state index contributed by atoms with van der Waals surface area (Å²) in [5, 5.41) is -5.50. The first-order chi connectivity index (χ1) is 5.75. The van der Waals surface area contributed by atoms with Crippen molar-refractivity contribution in [1.29, 1.82) is 0 Å². The molecule has 0 N–H and O–H groups in total. The van der Waals surface area contributed by atoms with E-state index >= 15 is 0 Å². The maximum absolute atomic E-state index is 12.5. The second kappa shape index (κ2) is 3.01. The maximum atomic E-state index is 12.5. The molecule has 0 aliphatic heterocycles. The van der Waals surface area contributed by atoms with E-state index in [4.69, 9.17) is 0 Å². The lowest BCUT2D eigenvalue weighted by Gasteiger charge is -2.32. The van der Waals surface area contributed by atoms with Crippen molar-refractivity contribution in [3.63, 3.8) is 0 Å². The van der Waals surface area contributed by atoms with Crippen LogP contribution in [0.25, 0.3) is 0 Å². The molecule has 9 heteroatoms. The van der Waals surface area contributed by atoms with Crippen molar-refractivity contribution < 1.29 is 34.3 Å². The van der Waals surface area contributed by atoms with Gasteiger partial charge in [-0.1, -0.05) is 3.89 Å². The minimum atomic E-state index is -6.60. The molecule has 0 heterocycles. The average Bonchev–Trinajstić information content (AvgIpc) is 1.81. The number of alkyl halides is 5. The third-order valence-electron chi connectivity index (χ3n) is 1.74. The van der Waals surface area contributed by atoms with Crippen LogP contribution in [0.5, 0.6) is 0 Å². The highest BCUT2D eigenvalue weighted by Gasteiger charge is 2.70. The Balaban J connectivity index is 5.54. The lowest BCUT2D eigenvalue weighted by molar-refractivity contribution is -0.261. The summed E-state index contributed by atoms with van der Waals surface area (Å²) < 4.78 is 92.5. The smallest absolute Gasteiger partial charge is 0.188 e. The van der Waals surface area contributed by atoms with Crippen LogP contribution in [0.1, 0.15) is 13.8 Å². The third kappa shape index (κ3) is 1.82. The summed E-state index contributed by atoms with van der Waals surface area (Å²) >= 11 is 0. The zero-order valence-corrected chi connectivity index (χ0v) is 7.81. The molecular formula is C5H6F6O2S. The maximum Gasteiger partial charge on any atom is 0.400 e. The van der Waals surface area contributed by atoms with Crippen LogP contribution in [-0.2, 0) is 10.2 Å². The Hall–Kier alpha value is -0.470. The molecule has 2 nitrogen and oxygen atoms in total. The van der Waals surface area contributed by atoms with Crippen molar-refractivity contribution in [3.05, 3.63) is 0 Å². The standard InChI is InChI=1S/C5H6F6O2S/c1-3(2,4(6,7)8)5(9,10)14(11,12)13/h1-2H3. The first-order valence-electron chi connectivity index (χ1n) is 3.14. The van der Waals surface area contributed by atoms with Gasteiger partial charge in [0.05, 0.1) is 0 Å². The fraction of sp³-hybridized carbons (Fsp3) is 1.00. The number of hydrogen-bond acceptors (Lipinski definition) is 2. The van der Waals surface area contributed by atoms with Crippen molar-refractivity contribution in [3.8, 4) is 0 Å². The molecule has 0 atom stereocenters. The van der Waals surface area contributed by atoms with E-state index in [0.29, 0.717) is 0 Å². The molecule has 0 radical (unpaired) electrons. The van der Waals surface area contributed by atoms with Gasteiger partial charge in [0.1, 0.15) is 5.41 Å². The molecule has 0 aliphatic carbocycles. The van der Waals surface area contributed by atoms with Crippen molar-refractivity contribution >= 4 is 10.2 Å². The normalized spacial score (nSPS) is 15.7. The summed E-state index contributed by atoms with van der Waals surface area (Å²) in [7, 11) is -6.60. The molecule has 0 unspecified atom stereocenters. The number of rotatable bonds is 2. The summed E-state index contributed by atoms with van der Waals surface area (Å²) in [5.74, 6) is 0. The van der Waals surface area contributed by atoms with E-state index in [1.54, 1.807) is 0 Å². The SMILES string of the molecule is CC(C)(C(F)(F)F)C(F)(F)S(=O)(=O)F. The van der Waals surface area contributed by atoms with E-state index in [1.807, 2.05) is 0 Å². The first-order valence-corrected chi connectivity index (χ1v) is 4.52. The summed E-state index contributed by atoms with van der Waals surface area (Å²) in [5.41, 5.74) is -3.98. The van der Waals surface area contributed by atoms with Gasteiger partial charge in [0.15, 0.2) is 0 Å². The molecule has 0 rings (SSSR count). The highest BCUT2D eigenvalue weighted by Crippen LogP contribution is 2.51. The zero-order chi connectivity index (χ0) is 12.0. The molecule has 0 fully saturated rings. The van der Waals surface area contributed by atoms with E-state index < -0.39 is 27.1 Å². The van der Waals surface area contributed by atoms with Crippen LogP contribution in [0.15, 0.2) is 0 Å². The lowest BCUT2D eigenvalue weighted by atomic mass is 9.93. The highest BCUT2D eigenvalue weighted by atomic mass is 32.3. The van der Waals surface area contributed by atoms with Gasteiger partial charge >= 0.3 is 21.7 Å². The van der Waals surface area contributed by atoms with Gasteiger partial charge in [-0.15, -0.1) is 0 Å². The predicted molar refractivity (Wildman–Crippen MR) is 34.8 cm³/mol. The summed E-state index contributed by atoms with van der Waals surface area (Å²) in [6.07, 6.45) is -5.53. The molecule has 0 aliphatic rings. The largest absolute Gasteiger partial charge is 0.400 e. The molecule has 0 aromatic heterocycles. The summed E-state index contributed by atoms with van der Waals surface area (Å²) in [6.45, 7) is -0.186. The van der Waals surface area contributed by atoms with Crippen molar-refractivity contribution in [1.82, 2.24) is 0 Å². The quantitative estimate of drug-likeness (QED) is 0.552. The van der Waals surface area contributed by atoms with Gasteiger partial charge in [0, 0.05) is 0 Å². The molecule has 14 heavy (non-hydrogen) atoms. The van der Waals surface area contributed by atoms with Crippen molar-refractivity contribution in [2.24, 2.45) is 5.41 Å². The summed E-state index contributed by atoms with van der Waals surface area (Å²) in [4.78, 5) is 0. The molecule has 86 valence electrons. The fourth-order valence-corrected chi connectivity index (χ4v) is 1.20. The van der Waals surface area contributed by atoms with Gasteiger partial charge < -0.3 is 0 Å². The molecule has 0 bridgehead atoms. The molecule has 0 spiro atoms. The van der Waals surface area contributed by atoms with Gasteiger partial charge in [-0.05, 0) is 13.8 Å². The van der Waals surface area contributed by atoms with Crippen LogP contribution in [0, 0.1) is 5.41 Å². The Morgan fingerprint density at radius 1 is 0.929 bits per heavy atom. The second-order valence-corrected chi connectivity index (χ2v) is 4.47. The van der Waals surface area contributed by atoms with E-state index in [0.717, 1.165) is 0 Å². The molecule has 0 saturated carbocycles. The van der Waals surface area contributed by atoms with E-state index in [-0.39, 0.29) is 13.8 Å². The van der Waals surface area contributed by atoms with E-state index in [1.165, 1.54) is 0 Å². The molecule has 0 amide bonds. The Morgan fingerprint density at radius 2 is 1.21 bits per heavy atom.